The molecule has 0 spiro atoms. The summed E-state index contributed by atoms with van der Waals surface area (Å²) in [5.74, 6) is 0. The van der Waals surface area contributed by atoms with E-state index in [2.05, 4.69) is 70.5 Å². The molecule has 0 amide bonds. The first-order valence-electron chi connectivity index (χ1n) is 7.05. The highest BCUT2D eigenvalue weighted by molar-refractivity contribution is 9.10. The minimum Gasteiger partial charge on any atom is -0.305 e. The van der Waals surface area contributed by atoms with Gasteiger partial charge in [-0.25, -0.2) is 4.68 Å². The summed E-state index contributed by atoms with van der Waals surface area (Å²) in [6.07, 6.45) is 2.90. The number of nitrogens with one attached hydrogen (secondary N) is 1. The quantitative estimate of drug-likeness (QED) is 0.878. The molecule has 20 heavy (non-hydrogen) atoms. The molecule has 2 rings (SSSR count). The van der Waals surface area contributed by atoms with Gasteiger partial charge in [0.1, 0.15) is 0 Å². The summed E-state index contributed by atoms with van der Waals surface area (Å²) >= 11 is 3.66. The van der Waals surface area contributed by atoms with Gasteiger partial charge in [-0.15, -0.1) is 5.10 Å². The molecule has 1 aromatic carbocycles. The SMILES string of the molecule is CCCn1nncc1C(NCC)c1cc(C)ccc1Br. The molecule has 0 aliphatic heterocycles. The van der Waals surface area contributed by atoms with Crippen LogP contribution in [0.1, 0.15) is 43.1 Å². The fourth-order valence-corrected chi connectivity index (χ4v) is 2.81. The second kappa shape index (κ2) is 6.99. The number of nitrogens with zero attached hydrogens (tertiary/aromatic N) is 3. The predicted octanol–water partition coefficient (Wildman–Crippen LogP) is 3.46. The molecule has 4 nitrogen and oxygen atoms in total. The third-order valence-electron chi connectivity index (χ3n) is 3.25. The molecule has 0 radical (unpaired) electrons. The van der Waals surface area contributed by atoms with E-state index in [9.17, 15) is 0 Å². The fourth-order valence-electron chi connectivity index (χ4n) is 2.34. The minimum atomic E-state index is 0.107. The van der Waals surface area contributed by atoms with Crippen molar-refractivity contribution in [2.75, 3.05) is 6.54 Å². The second-order valence-electron chi connectivity index (χ2n) is 4.90. The zero-order valence-electron chi connectivity index (χ0n) is 12.2. The molecule has 1 atom stereocenters. The number of rotatable bonds is 6. The lowest BCUT2D eigenvalue weighted by Gasteiger charge is -2.21. The van der Waals surface area contributed by atoms with Crippen LogP contribution in [0.5, 0.6) is 0 Å². The topological polar surface area (TPSA) is 42.7 Å². The van der Waals surface area contributed by atoms with E-state index in [-0.39, 0.29) is 6.04 Å². The van der Waals surface area contributed by atoms with Crippen LogP contribution in [0, 0.1) is 6.92 Å². The first kappa shape index (κ1) is 15.2. The van der Waals surface area contributed by atoms with Gasteiger partial charge < -0.3 is 5.32 Å². The minimum absolute atomic E-state index is 0.107. The van der Waals surface area contributed by atoms with Crippen LogP contribution < -0.4 is 5.32 Å². The van der Waals surface area contributed by atoms with E-state index in [1.54, 1.807) is 0 Å². The number of hydrogen-bond acceptors (Lipinski definition) is 3. The summed E-state index contributed by atoms with van der Waals surface area (Å²) in [4.78, 5) is 0. The average Bonchev–Trinajstić information content (AvgIpc) is 2.88. The molecular formula is C15H21BrN4. The molecule has 2 aromatic rings. The first-order valence-corrected chi connectivity index (χ1v) is 7.84. The molecule has 1 N–H and O–H groups in total. The smallest absolute Gasteiger partial charge is 0.0802 e. The third-order valence-corrected chi connectivity index (χ3v) is 3.97. The van der Waals surface area contributed by atoms with E-state index in [4.69, 9.17) is 0 Å². The lowest BCUT2D eigenvalue weighted by atomic mass is 10.0. The van der Waals surface area contributed by atoms with Gasteiger partial charge in [-0.05, 0) is 31.5 Å². The number of benzene rings is 1. The molecular weight excluding hydrogens is 316 g/mol. The summed E-state index contributed by atoms with van der Waals surface area (Å²) < 4.78 is 3.10. The Morgan fingerprint density at radius 2 is 2.15 bits per heavy atom. The van der Waals surface area contributed by atoms with Gasteiger partial charge in [0.15, 0.2) is 0 Å². The van der Waals surface area contributed by atoms with Gasteiger partial charge in [-0.2, -0.15) is 0 Å². The zero-order valence-corrected chi connectivity index (χ0v) is 13.8. The second-order valence-corrected chi connectivity index (χ2v) is 5.75. The van der Waals surface area contributed by atoms with Gasteiger partial charge in [0.05, 0.1) is 17.9 Å². The van der Waals surface area contributed by atoms with Crippen LogP contribution in [-0.4, -0.2) is 21.5 Å². The highest BCUT2D eigenvalue weighted by Crippen LogP contribution is 2.29. The summed E-state index contributed by atoms with van der Waals surface area (Å²) in [5.41, 5.74) is 3.59. The summed E-state index contributed by atoms with van der Waals surface area (Å²) in [6, 6.07) is 6.53. The van der Waals surface area contributed by atoms with Crippen molar-refractivity contribution in [3.63, 3.8) is 0 Å². The summed E-state index contributed by atoms with van der Waals surface area (Å²) in [5, 5.41) is 11.8. The van der Waals surface area contributed by atoms with E-state index in [1.807, 2.05) is 10.9 Å². The lowest BCUT2D eigenvalue weighted by Crippen LogP contribution is -2.25. The van der Waals surface area contributed by atoms with Crippen LogP contribution >= 0.6 is 15.9 Å². The Balaban J connectivity index is 2.44. The van der Waals surface area contributed by atoms with Crippen molar-refractivity contribution in [1.82, 2.24) is 20.3 Å². The van der Waals surface area contributed by atoms with Crippen molar-refractivity contribution in [3.05, 3.63) is 45.7 Å². The summed E-state index contributed by atoms with van der Waals surface area (Å²) in [7, 11) is 0. The maximum Gasteiger partial charge on any atom is 0.0802 e. The van der Waals surface area contributed by atoms with Gasteiger partial charge in [0, 0.05) is 11.0 Å². The van der Waals surface area contributed by atoms with Crippen molar-refractivity contribution in [2.24, 2.45) is 0 Å². The molecule has 0 saturated carbocycles. The maximum atomic E-state index is 4.20. The molecule has 108 valence electrons. The lowest BCUT2D eigenvalue weighted by molar-refractivity contribution is 0.511. The Labute approximate surface area is 128 Å². The van der Waals surface area contributed by atoms with Crippen LogP contribution in [0.15, 0.2) is 28.9 Å². The molecule has 1 unspecified atom stereocenters. The van der Waals surface area contributed by atoms with Crippen LogP contribution in [0.25, 0.3) is 0 Å². The number of aryl methyl sites for hydroxylation is 2. The van der Waals surface area contributed by atoms with Crippen molar-refractivity contribution in [3.8, 4) is 0 Å². The van der Waals surface area contributed by atoms with Gasteiger partial charge in [0.2, 0.25) is 0 Å². The van der Waals surface area contributed by atoms with Crippen LogP contribution in [-0.2, 0) is 6.54 Å². The molecule has 0 fully saturated rings. The van der Waals surface area contributed by atoms with Crippen molar-refractivity contribution in [1.29, 1.82) is 0 Å². The van der Waals surface area contributed by atoms with Gasteiger partial charge in [-0.3, -0.25) is 0 Å². The number of halogens is 1. The Morgan fingerprint density at radius 3 is 2.85 bits per heavy atom. The standard InChI is InChI=1S/C15H21BrN4/c1-4-8-20-14(10-18-19-20)15(17-5-2)12-9-11(3)6-7-13(12)16/h6-7,9-10,15,17H,4-5,8H2,1-3H3. The Kier molecular flexibility index (Phi) is 5.31. The largest absolute Gasteiger partial charge is 0.305 e. The normalized spacial score (nSPS) is 12.6. The molecule has 1 aromatic heterocycles. The Hall–Kier alpha value is -1.20. The maximum absolute atomic E-state index is 4.20. The molecule has 0 aliphatic rings. The van der Waals surface area contributed by atoms with E-state index >= 15 is 0 Å². The Morgan fingerprint density at radius 1 is 1.35 bits per heavy atom. The predicted molar refractivity (Wildman–Crippen MR) is 84.7 cm³/mol. The third kappa shape index (κ3) is 3.27. The van der Waals surface area contributed by atoms with Crippen molar-refractivity contribution >= 4 is 15.9 Å². The molecule has 0 aliphatic carbocycles. The fraction of sp³-hybridized carbons (Fsp3) is 0.467. The van der Waals surface area contributed by atoms with Crippen molar-refractivity contribution in [2.45, 2.75) is 39.8 Å². The van der Waals surface area contributed by atoms with E-state index in [0.717, 1.165) is 29.7 Å². The molecule has 1 heterocycles. The van der Waals surface area contributed by atoms with E-state index in [0.29, 0.717) is 0 Å². The zero-order chi connectivity index (χ0) is 14.5. The number of hydrogen-bond donors (Lipinski definition) is 1. The molecule has 0 bridgehead atoms. The highest BCUT2D eigenvalue weighted by atomic mass is 79.9. The highest BCUT2D eigenvalue weighted by Gasteiger charge is 2.20. The van der Waals surface area contributed by atoms with Crippen LogP contribution in [0.4, 0.5) is 0 Å². The van der Waals surface area contributed by atoms with Crippen molar-refractivity contribution < 1.29 is 0 Å². The van der Waals surface area contributed by atoms with E-state index < -0.39 is 0 Å². The summed E-state index contributed by atoms with van der Waals surface area (Å²) in [6.45, 7) is 8.16. The van der Waals surface area contributed by atoms with Crippen LogP contribution in [0.2, 0.25) is 0 Å². The van der Waals surface area contributed by atoms with E-state index in [1.165, 1.54) is 11.1 Å². The van der Waals surface area contributed by atoms with Gasteiger partial charge in [-0.1, -0.05) is 52.7 Å². The molecule has 5 heteroatoms. The van der Waals surface area contributed by atoms with Crippen LogP contribution in [0.3, 0.4) is 0 Å². The molecule has 0 saturated heterocycles. The van der Waals surface area contributed by atoms with Gasteiger partial charge in [0.25, 0.3) is 0 Å². The van der Waals surface area contributed by atoms with Gasteiger partial charge >= 0.3 is 0 Å². The first-order chi connectivity index (χ1) is 9.67. The Bertz CT molecular complexity index is 565. The monoisotopic (exact) mass is 336 g/mol. The average molecular weight is 337 g/mol. The number of aromatic nitrogens is 3.